The van der Waals surface area contributed by atoms with Gasteiger partial charge in [-0.2, -0.15) is 0 Å². The number of hydrogen-bond donors (Lipinski definition) is 0. The quantitative estimate of drug-likeness (QED) is 0.621. The molecule has 0 fully saturated rings. The minimum absolute atomic E-state index is 1.69. The van der Waals surface area contributed by atoms with E-state index in [1.165, 1.54) is 0 Å². The lowest BCUT2D eigenvalue weighted by atomic mass is 11.0. The summed E-state index contributed by atoms with van der Waals surface area (Å²) in [5.41, 5.74) is 0. The second-order valence-electron chi connectivity index (χ2n) is 1.40. The van der Waals surface area contributed by atoms with E-state index >= 15 is 0 Å². The predicted octanol–water partition coefficient (Wildman–Crippen LogP) is 2.60. The summed E-state index contributed by atoms with van der Waals surface area (Å²) in [5.74, 6) is 0. The van der Waals surface area contributed by atoms with Gasteiger partial charge in [-0.05, 0) is 27.2 Å². The predicted molar refractivity (Wildman–Crippen MR) is 55.2 cm³/mol. The highest BCUT2D eigenvalue weighted by Gasteiger charge is 1.58. The van der Waals surface area contributed by atoms with Crippen LogP contribution >= 0.6 is 48.5 Å². The molecule has 0 saturated heterocycles. The largest absolute Gasteiger partial charge is 0.312 e. The molecule has 0 N–H and O–H groups in total. The maximum Gasteiger partial charge on any atom is 0.00791 e. The van der Waals surface area contributed by atoms with Gasteiger partial charge in [0.05, 0.1) is 0 Å². The second-order valence-corrected chi connectivity index (χ2v) is 9.22. The normalized spacial score (nSPS) is 7.71. The highest BCUT2D eigenvalue weighted by atomic mass is 127. The van der Waals surface area contributed by atoms with Gasteiger partial charge in [-0.25, -0.2) is 0 Å². The Kier molecular flexibility index (Phi) is 17.7. The summed E-state index contributed by atoms with van der Waals surface area (Å²) in [6.07, 6.45) is 1.69. The Morgan fingerprint density at radius 3 is 1.14 bits per heavy atom. The lowest BCUT2D eigenvalue weighted by Crippen LogP contribution is -1.99. The molecular formula is C3H9I2NS. The average Bonchev–Trinajstić information content (AvgIpc) is 1.33. The van der Waals surface area contributed by atoms with Crippen LogP contribution in [0.3, 0.4) is 0 Å². The Labute approximate surface area is 73.8 Å². The summed E-state index contributed by atoms with van der Waals surface area (Å²) >= 11 is 4.38. The average molecular weight is 345 g/mol. The Bertz CT molecular complexity index is 24.1. The van der Waals surface area contributed by atoms with Crippen LogP contribution in [0.5, 0.6) is 0 Å². The van der Waals surface area contributed by atoms with Crippen LogP contribution in [0.4, 0.5) is 0 Å². The molecule has 7 heavy (non-hydrogen) atoms. The molecule has 0 atom stereocenters. The van der Waals surface area contributed by atoms with Crippen LogP contribution in [0.15, 0.2) is 0 Å². The number of nitrogens with zero attached hydrogens (tertiary/aromatic N) is 1. The maximum absolute atomic E-state index is 2.19. The first-order valence-corrected chi connectivity index (χ1v) is 7.55. The van der Waals surface area contributed by atoms with Crippen molar-refractivity contribution in [3.8, 4) is 0 Å². The molecule has 0 unspecified atom stereocenters. The van der Waals surface area contributed by atoms with Gasteiger partial charge in [-0.3, -0.25) is 0 Å². The molecule has 0 aliphatic carbocycles. The van der Waals surface area contributed by atoms with Gasteiger partial charge in [0, 0.05) is 42.4 Å². The van der Waals surface area contributed by atoms with Gasteiger partial charge in [-0.15, -0.1) is 0 Å². The molecule has 46 valence electrons. The fourth-order valence-corrected chi connectivity index (χ4v) is 0. The van der Waals surface area contributed by atoms with E-state index in [-0.39, 0.29) is 0 Å². The number of halogens is 2. The zero-order valence-corrected chi connectivity index (χ0v) is 9.74. The van der Waals surface area contributed by atoms with Crippen molar-refractivity contribution in [3.63, 3.8) is 0 Å². The Morgan fingerprint density at radius 2 is 1.14 bits per heavy atom. The fraction of sp³-hybridized carbons (Fsp3) is 1.00. The highest BCUT2D eigenvalue weighted by molar-refractivity contribution is 14.3. The molecule has 0 radical (unpaired) electrons. The minimum atomic E-state index is 1.69. The van der Waals surface area contributed by atoms with Crippen molar-refractivity contribution in [2.75, 3.05) is 21.1 Å². The van der Waals surface area contributed by atoms with Gasteiger partial charge < -0.3 is 4.90 Å². The van der Waals surface area contributed by atoms with E-state index < -0.39 is 0 Å². The second kappa shape index (κ2) is 10.7. The SMILES string of the molecule is CN(C)C.ISI. The van der Waals surface area contributed by atoms with E-state index in [2.05, 4.69) is 42.4 Å². The standard InChI is InChI=1S/C3H9N.I2S/c1-4(2)3;1-3-2/h1-3H3;. The third-order valence-corrected chi connectivity index (χ3v) is 0. The van der Waals surface area contributed by atoms with Crippen molar-refractivity contribution in [1.29, 1.82) is 0 Å². The first-order chi connectivity index (χ1) is 3.15. The monoisotopic (exact) mass is 345 g/mol. The molecule has 0 aromatic carbocycles. The Balaban J connectivity index is 0. The van der Waals surface area contributed by atoms with Gasteiger partial charge in [-0.1, -0.05) is 0 Å². The summed E-state index contributed by atoms with van der Waals surface area (Å²) in [6.45, 7) is 0. The van der Waals surface area contributed by atoms with Crippen LogP contribution in [-0.4, -0.2) is 26.0 Å². The molecule has 0 aliphatic heterocycles. The van der Waals surface area contributed by atoms with Crippen molar-refractivity contribution >= 4 is 48.5 Å². The molecule has 0 amide bonds. The van der Waals surface area contributed by atoms with Crippen LogP contribution < -0.4 is 0 Å². The van der Waals surface area contributed by atoms with Gasteiger partial charge >= 0.3 is 0 Å². The minimum Gasteiger partial charge on any atom is -0.312 e. The summed E-state index contributed by atoms with van der Waals surface area (Å²) < 4.78 is 0. The first kappa shape index (κ1) is 11.6. The molecule has 4 heteroatoms. The zero-order valence-electron chi connectivity index (χ0n) is 4.61. The number of rotatable bonds is 0. The summed E-state index contributed by atoms with van der Waals surface area (Å²) in [4.78, 5) is 2.00. The molecule has 1 nitrogen and oxygen atoms in total. The molecule has 0 saturated carbocycles. The molecular weight excluding hydrogens is 336 g/mol. The lowest BCUT2D eigenvalue weighted by Gasteiger charge is -1.90. The van der Waals surface area contributed by atoms with E-state index in [9.17, 15) is 0 Å². The van der Waals surface area contributed by atoms with Crippen molar-refractivity contribution in [2.45, 2.75) is 0 Å². The third-order valence-electron chi connectivity index (χ3n) is 0. The molecule has 0 heterocycles. The molecule has 0 spiro atoms. The highest BCUT2D eigenvalue weighted by Crippen LogP contribution is 2.19. The van der Waals surface area contributed by atoms with Crippen LogP contribution in [0.25, 0.3) is 0 Å². The van der Waals surface area contributed by atoms with Crippen molar-refractivity contribution in [3.05, 3.63) is 0 Å². The zero-order chi connectivity index (χ0) is 6.28. The van der Waals surface area contributed by atoms with Crippen molar-refractivity contribution in [1.82, 2.24) is 4.90 Å². The maximum atomic E-state index is 2.19. The van der Waals surface area contributed by atoms with E-state index in [0.29, 0.717) is 0 Å². The van der Waals surface area contributed by atoms with E-state index in [4.69, 9.17) is 0 Å². The molecule has 0 aliphatic rings. The summed E-state index contributed by atoms with van der Waals surface area (Å²) in [7, 11) is 6.00. The van der Waals surface area contributed by atoms with Gasteiger partial charge in [0.1, 0.15) is 0 Å². The first-order valence-electron chi connectivity index (χ1n) is 1.65. The fourth-order valence-electron chi connectivity index (χ4n) is 0. The Hall–Kier alpha value is 1.77. The summed E-state index contributed by atoms with van der Waals surface area (Å²) in [5, 5.41) is 0. The van der Waals surface area contributed by atoms with Crippen molar-refractivity contribution < 1.29 is 0 Å². The van der Waals surface area contributed by atoms with Gasteiger partial charge in [0.2, 0.25) is 0 Å². The van der Waals surface area contributed by atoms with Crippen LogP contribution in [0.1, 0.15) is 0 Å². The van der Waals surface area contributed by atoms with E-state index in [0.717, 1.165) is 0 Å². The van der Waals surface area contributed by atoms with E-state index in [1.54, 1.807) is 6.10 Å². The van der Waals surface area contributed by atoms with Crippen LogP contribution in [-0.2, 0) is 0 Å². The van der Waals surface area contributed by atoms with Gasteiger partial charge in [0.25, 0.3) is 0 Å². The lowest BCUT2D eigenvalue weighted by molar-refractivity contribution is 0.505. The molecule has 0 aromatic heterocycles. The molecule has 0 bridgehead atoms. The number of hydrogen-bond acceptors (Lipinski definition) is 2. The van der Waals surface area contributed by atoms with E-state index in [1.807, 2.05) is 26.0 Å². The summed E-state index contributed by atoms with van der Waals surface area (Å²) in [6, 6.07) is 0. The van der Waals surface area contributed by atoms with Crippen LogP contribution in [0.2, 0.25) is 0 Å². The van der Waals surface area contributed by atoms with Gasteiger partial charge in [0.15, 0.2) is 0 Å². The Morgan fingerprint density at radius 1 is 1.14 bits per heavy atom. The molecule has 0 aromatic rings. The molecule has 0 rings (SSSR count). The van der Waals surface area contributed by atoms with Crippen LogP contribution in [0, 0.1) is 0 Å². The third kappa shape index (κ3) is 82.6. The van der Waals surface area contributed by atoms with Crippen molar-refractivity contribution in [2.24, 2.45) is 0 Å². The topological polar surface area (TPSA) is 3.24 Å². The smallest absolute Gasteiger partial charge is 0.00791 e.